The predicted molar refractivity (Wildman–Crippen MR) is 143 cm³/mol. The fourth-order valence-corrected chi connectivity index (χ4v) is 4.69. The van der Waals surface area contributed by atoms with Crippen molar-refractivity contribution in [3.05, 3.63) is 154 Å². The van der Waals surface area contributed by atoms with E-state index in [2.05, 4.69) is 0 Å². The fourth-order valence-electron chi connectivity index (χ4n) is 4.49. The standard InChI is InChI=1S/C31H24ClNO2/c32-27-18-10-17-25(19-27)31(35)30(24-15-8-3-9-16-24)33-28(23-13-6-2-7-14-23)20-26(21-29(33)34)22-11-4-1-5-12-22/h1-21,30-31,35H. The summed E-state index contributed by atoms with van der Waals surface area (Å²) in [4.78, 5) is 13.9. The Morgan fingerprint density at radius 1 is 0.600 bits per heavy atom. The number of hydrogen-bond donors (Lipinski definition) is 1. The quantitative estimate of drug-likeness (QED) is 0.282. The number of benzene rings is 4. The summed E-state index contributed by atoms with van der Waals surface area (Å²) in [5, 5.41) is 12.2. The van der Waals surface area contributed by atoms with E-state index in [-0.39, 0.29) is 5.56 Å². The Morgan fingerprint density at radius 3 is 1.80 bits per heavy atom. The molecule has 2 unspecified atom stereocenters. The highest BCUT2D eigenvalue weighted by molar-refractivity contribution is 6.30. The average Bonchev–Trinajstić information content (AvgIpc) is 2.91. The summed E-state index contributed by atoms with van der Waals surface area (Å²) >= 11 is 6.25. The van der Waals surface area contributed by atoms with Gasteiger partial charge in [0.1, 0.15) is 6.10 Å². The van der Waals surface area contributed by atoms with Crippen LogP contribution in [-0.4, -0.2) is 9.67 Å². The van der Waals surface area contributed by atoms with Crippen molar-refractivity contribution in [1.82, 2.24) is 4.57 Å². The fraction of sp³-hybridized carbons (Fsp3) is 0.0645. The molecule has 5 rings (SSSR count). The van der Waals surface area contributed by atoms with Crippen molar-refractivity contribution in [3.8, 4) is 22.4 Å². The molecule has 0 aliphatic heterocycles. The zero-order valence-electron chi connectivity index (χ0n) is 19.0. The minimum atomic E-state index is -1.00. The molecule has 0 saturated carbocycles. The first kappa shape index (κ1) is 22.9. The van der Waals surface area contributed by atoms with E-state index in [4.69, 9.17) is 11.6 Å². The Bertz CT molecular complexity index is 1480. The molecule has 0 aliphatic carbocycles. The lowest BCUT2D eigenvalue weighted by atomic mass is 9.93. The minimum absolute atomic E-state index is 0.194. The lowest BCUT2D eigenvalue weighted by Crippen LogP contribution is -2.30. The van der Waals surface area contributed by atoms with Crippen LogP contribution in [0.4, 0.5) is 0 Å². The SMILES string of the molecule is O=c1cc(-c2ccccc2)cc(-c2ccccc2)n1C(c1ccccc1)C(O)c1cccc(Cl)c1. The van der Waals surface area contributed by atoms with Crippen molar-refractivity contribution in [1.29, 1.82) is 0 Å². The van der Waals surface area contributed by atoms with Gasteiger partial charge in [0.2, 0.25) is 0 Å². The van der Waals surface area contributed by atoms with Gasteiger partial charge in [0.15, 0.2) is 0 Å². The van der Waals surface area contributed by atoms with Crippen LogP contribution in [-0.2, 0) is 0 Å². The van der Waals surface area contributed by atoms with E-state index in [0.29, 0.717) is 10.6 Å². The predicted octanol–water partition coefficient (Wildman–Crippen LogP) is 7.16. The first-order valence-corrected chi connectivity index (χ1v) is 11.9. The monoisotopic (exact) mass is 477 g/mol. The molecule has 0 radical (unpaired) electrons. The van der Waals surface area contributed by atoms with Gasteiger partial charge < -0.3 is 5.11 Å². The average molecular weight is 478 g/mol. The molecule has 1 aromatic heterocycles. The maximum Gasteiger partial charge on any atom is 0.252 e. The zero-order chi connectivity index (χ0) is 24.2. The van der Waals surface area contributed by atoms with Crippen molar-refractivity contribution in [3.63, 3.8) is 0 Å². The maximum atomic E-state index is 13.9. The molecule has 0 aliphatic rings. The summed E-state index contributed by atoms with van der Waals surface area (Å²) < 4.78 is 1.70. The Kier molecular flexibility index (Phi) is 6.62. The third-order valence-corrected chi connectivity index (χ3v) is 6.39. The number of nitrogens with zero attached hydrogens (tertiary/aromatic N) is 1. The summed E-state index contributed by atoms with van der Waals surface area (Å²) in [6.07, 6.45) is -1.00. The number of halogens is 1. The molecule has 4 heteroatoms. The Morgan fingerprint density at radius 2 is 1.17 bits per heavy atom. The van der Waals surface area contributed by atoms with E-state index in [9.17, 15) is 9.90 Å². The van der Waals surface area contributed by atoms with Gasteiger partial charge in [-0.25, -0.2) is 0 Å². The van der Waals surface area contributed by atoms with Crippen molar-refractivity contribution < 1.29 is 5.11 Å². The van der Waals surface area contributed by atoms with E-state index in [1.54, 1.807) is 22.8 Å². The normalized spacial score (nSPS) is 12.7. The van der Waals surface area contributed by atoms with Gasteiger partial charge in [-0.05, 0) is 46.0 Å². The van der Waals surface area contributed by atoms with E-state index in [1.165, 1.54) is 0 Å². The number of hydrogen-bond acceptors (Lipinski definition) is 2. The molecule has 1 N–H and O–H groups in total. The molecule has 0 amide bonds. The van der Waals surface area contributed by atoms with Crippen molar-refractivity contribution in [2.45, 2.75) is 12.1 Å². The summed E-state index contributed by atoms with van der Waals surface area (Å²) in [5.41, 5.74) is 4.68. The summed E-state index contributed by atoms with van der Waals surface area (Å²) in [7, 11) is 0. The highest BCUT2D eigenvalue weighted by Crippen LogP contribution is 2.36. The van der Waals surface area contributed by atoms with Crippen LogP contribution in [0.2, 0.25) is 5.02 Å². The van der Waals surface area contributed by atoms with E-state index >= 15 is 0 Å². The summed E-state index contributed by atoms with van der Waals surface area (Å²) in [6, 6.07) is 39.4. The first-order valence-electron chi connectivity index (χ1n) is 11.5. The van der Waals surface area contributed by atoms with Gasteiger partial charge in [0.25, 0.3) is 5.56 Å². The van der Waals surface area contributed by atoms with Crippen LogP contribution in [0.25, 0.3) is 22.4 Å². The van der Waals surface area contributed by atoms with Crippen LogP contribution < -0.4 is 5.56 Å². The van der Waals surface area contributed by atoms with Crippen molar-refractivity contribution in [2.24, 2.45) is 0 Å². The molecule has 0 saturated heterocycles. The third kappa shape index (κ3) is 4.83. The number of pyridine rings is 1. The van der Waals surface area contributed by atoms with Crippen LogP contribution in [0.1, 0.15) is 23.3 Å². The number of rotatable bonds is 6. The maximum absolute atomic E-state index is 13.9. The third-order valence-electron chi connectivity index (χ3n) is 6.15. The highest BCUT2D eigenvalue weighted by atomic mass is 35.5. The number of aromatic nitrogens is 1. The Balaban J connectivity index is 1.78. The molecule has 0 bridgehead atoms. The second-order valence-electron chi connectivity index (χ2n) is 8.42. The van der Waals surface area contributed by atoms with E-state index < -0.39 is 12.1 Å². The van der Waals surface area contributed by atoms with Crippen molar-refractivity contribution in [2.75, 3.05) is 0 Å². The first-order chi connectivity index (χ1) is 17.1. The summed E-state index contributed by atoms with van der Waals surface area (Å²) in [6.45, 7) is 0. The van der Waals surface area contributed by atoms with Gasteiger partial charge in [-0.3, -0.25) is 9.36 Å². The molecular weight excluding hydrogens is 454 g/mol. The lowest BCUT2D eigenvalue weighted by Gasteiger charge is -2.29. The molecule has 35 heavy (non-hydrogen) atoms. The van der Waals surface area contributed by atoms with Gasteiger partial charge in [-0.1, -0.05) is 115 Å². The molecule has 1 heterocycles. The number of aliphatic hydroxyl groups excluding tert-OH is 1. The molecular formula is C31H24ClNO2. The van der Waals surface area contributed by atoms with Crippen LogP contribution in [0.3, 0.4) is 0 Å². The van der Waals surface area contributed by atoms with Crippen molar-refractivity contribution >= 4 is 11.6 Å². The molecule has 0 fully saturated rings. The van der Waals surface area contributed by atoms with Crippen LogP contribution in [0.5, 0.6) is 0 Å². The molecule has 5 aromatic rings. The van der Waals surface area contributed by atoms with Gasteiger partial charge in [0.05, 0.1) is 11.7 Å². The Labute approximate surface area is 209 Å². The van der Waals surface area contributed by atoms with Crippen LogP contribution >= 0.6 is 11.6 Å². The second kappa shape index (κ2) is 10.1. The molecule has 172 valence electrons. The molecule has 3 nitrogen and oxygen atoms in total. The molecule has 2 atom stereocenters. The van der Waals surface area contributed by atoms with Gasteiger partial charge in [-0.15, -0.1) is 0 Å². The van der Waals surface area contributed by atoms with Crippen LogP contribution in [0, 0.1) is 0 Å². The smallest absolute Gasteiger partial charge is 0.252 e. The topological polar surface area (TPSA) is 42.2 Å². The van der Waals surface area contributed by atoms with E-state index in [1.807, 2.05) is 109 Å². The van der Waals surface area contributed by atoms with Gasteiger partial charge in [-0.2, -0.15) is 0 Å². The Hall–Kier alpha value is -3.92. The van der Waals surface area contributed by atoms with Crippen LogP contribution in [0.15, 0.2) is 132 Å². The molecule has 0 spiro atoms. The van der Waals surface area contributed by atoms with Gasteiger partial charge in [0, 0.05) is 11.1 Å². The molecule has 4 aromatic carbocycles. The summed E-state index contributed by atoms with van der Waals surface area (Å²) in [5.74, 6) is 0. The van der Waals surface area contributed by atoms with Gasteiger partial charge >= 0.3 is 0 Å². The highest BCUT2D eigenvalue weighted by Gasteiger charge is 2.28. The van der Waals surface area contributed by atoms with E-state index in [0.717, 1.165) is 27.9 Å². The largest absolute Gasteiger partial charge is 0.386 e. The number of aliphatic hydroxyl groups is 1. The lowest BCUT2D eigenvalue weighted by molar-refractivity contribution is 0.130. The minimum Gasteiger partial charge on any atom is -0.386 e. The zero-order valence-corrected chi connectivity index (χ0v) is 19.7. The second-order valence-corrected chi connectivity index (χ2v) is 8.86.